The summed E-state index contributed by atoms with van der Waals surface area (Å²) in [6.45, 7) is 1.23. The number of aromatic nitrogens is 4. The van der Waals surface area contributed by atoms with Gasteiger partial charge in [0.05, 0.1) is 18.7 Å². The van der Waals surface area contributed by atoms with Gasteiger partial charge < -0.3 is 4.74 Å². The molecule has 0 atom stereocenters. The van der Waals surface area contributed by atoms with Gasteiger partial charge >= 0.3 is 0 Å². The number of fused-ring (bicyclic) bond motifs is 1. The van der Waals surface area contributed by atoms with Crippen molar-refractivity contribution in [3.63, 3.8) is 0 Å². The van der Waals surface area contributed by atoms with Crippen molar-refractivity contribution in [2.45, 2.75) is 6.54 Å². The first kappa shape index (κ1) is 13.0. The third-order valence-corrected chi connectivity index (χ3v) is 3.42. The summed E-state index contributed by atoms with van der Waals surface area (Å²) in [5, 5.41) is 8.19. The SMILES string of the molecule is COCCn1c(-c2ccc3ccccc3n2)n[nH]c1=S. The number of methoxy groups -OCH3 is 1. The molecule has 0 unspecified atom stereocenters. The van der Waals surface area contributed by atoms with Crippen molar-refractivity contribution in [3.05, 3.63) is 41.2 Å². The molecule has 2 aromatic heterocycles. The van der Waals surface area contributed by atoms with E-state index >= 15 is 0 Å². The highest BCUT2D eigenvalue weighted by atomic mass is 32.1. The summed E-state index contributed by atoms with van der Waals surface area (Å²) >= 11 is 5.24. The monoisotopic (exact) mass is 286 g/mol. The Kier molecular flexibility index (Phi) is 3.58. The van der Waals surface area contributed by atoms with Crippen LogP contribution in [0.25, 0.3) is 22.4 Å². The number of hydrogen-bond donors (Lipinski definition) is 1. The Morgan fingerprint density at radius 2 is 2.10 bits per heavy atom. The summed E-state index contributed by atoms with van der Waals surface area (Å²) in [4.78, 5) is 4.64. The molecule has 0 aliphatic heterocycles. The molecule has 1 N–H and O–H groups in total. The zero-order valence-corrected chi connectivity index (χ0v) is 11.9. The van der Waals surface area contributed by atoms with Crippen molar-refractivity contribution in [2.75, 3.05) is 13.7 Å². The molecule has 2 heterocycles. The maximum Gasteiger partial charge on any atom is 0.195 e. The molecule has 0 amide bonds. The summed E-state index contributed by atoms with van der Waals surface area (Å²) in [5.41, 5.74) is 1.74. The molecule has 0 saturated carbocycles. The van der Waals surface area contributed by atoms with Crippen LogP contribution < -0.4 is 0 Å². The van der Waals surface area contributed by atoms with Crippen molar-refractivity contribution in [1.29, 1.82) is 0 Å². The highest BCUT2D eigenvalue weighted by molar-refractivity contribution is 7.71. The van der Waals surface area contributed by atoms with Crippen LogP contribution in [0.4, 0.5) is 0 Å². The van der Waals surface area contributed by atoms with Gasteiger partial charge in [-0.25, -0.2) is 4.98 Å². The van der Waals surface area contributed by atoms with Gasteiger partial charge in [0, 0.05) is 12.5 Å². The predicted octanol–water partition coefficient (Wildman–Crippen LogP) is 2.80. The first-order valence-electron chi connectivity index (χ1n) is 6.30. The molecular formula is C14H14N4OS. The van der Waals surface area contributed by atoms with Crippen molar-refractivity contribution in [1.82, 2.24) is 19.7 Å². The lowest BCUT2D eigenvalue weighted by atomic mass is 10.2. The molecule has 0 bridgehead atoms. The molecule has 3 aromatic rings. The third-order valence-electron chi connectivity index (χ3n) is 3.10. The van der Waals surface area contributed by atoms with E-state index < -0.39 is 0 Å². The molecule has 3 rings (SSSR count). The Morgan fingerprint density at radius 3 is 2.95 bits per heavy atom. The predicted molar refractivity (Wildman–Crippen MR) is 80.0 cm³/mol. The van der Waals surface area contributed by atoms with E-state index in [1.54, 1.807) is 7.11 Å². The Labute approximate surface area is 121 Å². The Morgan fingerprint density at radius 1 is 1.25 bits per heavy atom. The number of rotatable bonds is 4. The fraction of sp³-hybridized carbons (Fsp3) is 0.214. The van der Waals surface area contributed by atoms with Gasteiger partial charge in [-0.3, -0.25) is 9.67 Å². The minimum absolute atomic E-state index is 0.576. The number of nitrogens with one attached hydrogen (secondary N) is 1. The van der Waals surface area contributed by atoms with Gasteiger partial charge in [0.2, 0.25) is 0 Å². The van der Waals surface area contributed by atoms with Crippen molar-refractivity contribution in [3.8, 4) is 11.5 Å². The number of H-pyrrole nitrogens is 1. The van der Waals surface area contributed by atoms with Crippen molar-refractivity contribution < 1.29 is 4.74 Å². The normalized spacial score (nSPS) is 11.1. The van der Waals surface area contributed by atoms with Gasteiger partial charge in [-0.1, -0.05) is 24.3 Å². The van der Waals surface area contributed by atoms with Crippen LogP contribution in [0.2, 0.25) is 0 Å². The van der Waals surface area contributed by atoms with Crippen LogP contribution in [-0.2, 0) is 11.3 Å². The second-order valence-corrected chi connectivity index (χ2v) is 4.77. The standard InChI is InChI=1S/C14H14N4OS/c1-19-9-8-18-13(16-17-14(18)20)12-7-6-10-4-2-3-5-11(10)15-12/h2-7H,8-9H2,1H3,(H,17,20). The molecule has 0 saturated heterocycles. The summed E-state index contributed by atoms with van der Waals surface area (Å²) < 4.78 is 7.58. The fourth-order valence-electron chi connectivity index (χ4n) is 2.09. The number of aromatic amines is 1. The van der Waals surface area contributed by atoms with Gasteiger partial charge in [-0.05, 0) is 24.4 Å². The largest absolute Gasteiger partial charge is 0.383 e. The number of pyridine rings is 1. The zero-order chi connectivity index (χ0) is 13.9. The van der Waals surface area contributed by atoms with Gasteiger partial charge in [0.15, 0.2) is 10.6 Å². The van der Waals surface area contributed by atoms with Gasteiger partial charge in [0.1, 0.15) is 5.69 Å². The Hall–Kier alpha value is -2.05. The van der Waals surface area contributed by atoms with E-state index in [0.717, 1.165) is 22.4 Å². The molecule has 0 aliphatic rings. The number of para-hydroxylation sites is 1. The van der Waals surface area contributed by atoms with Crippen molar-refractivity contribution >= 4 is 23.1 Å². The first-order valence-corrected chi connectivity index (χ1v) is 6.71. The minimum Gasteiger partial charge on any atom is -0.383 e. The van der Waals surface area contributed by atoms with Crippen molar-refractivity contribution in [2.24, 2.45) is 0 Å². The van der Waals surface area contributed by atoms with E-state index in [1.165, 1.54) is 0 Å². The van der Waals surface area contributed by atoms with Gasteiger partial charge in [0.25, 0.3) is 0 Å². The zero-order valence-electron chi connectivity index (χ0n) is 11.0. The first-order chi connectivity index (χ1) is 9.79. The van der Waals surface area contributed by atoms with E-state index in [9.17, 15) is 0 Å². The summed E-state index contributed by atoms with van der Waals surface area (Å²) in [7, 11) is 1.66. The van der Waals surface area contributed by atoms with Crippen LogP contribution >= 0.6 is 12.2 Å². The number of hydrogen-bond acceptors (Lipinski definition) is 4. The Bertz CT molecular complexity index is 793. The summed E-state index contributed by atoms with van der Waals surface area (Å²) in [6, 6.07) is 12.0. The van der Waals surface area contributed by atoms with E-state index in [0.29, 0.717) is 17.9 Å². The lowest BCUT2D eigenvalue weighted by Crippen LogP contribution is -2.06. The summed E-state index contributed by atoms with van der Waals surface area (Å²) in [5.74, 6) is 0.734. The fourth-order valence-corrected chi connectivity index (χ4v) is 2.32. The highest BCUT2D eigenvalue weighted by Gasteiger charge is 2.10. The van der Waals surface area contributed by atoms with E-state index in [-0.39, 0.29) is 0 Å². The topological polar surface area (TPSA) is 55.7 Å². The molecule has 5 nitrogen and oxygen atoms in total. The minimum atomic E-state index is 0.576. The van der Waals surface area contributed by atoms with Crippen LogP contribution in [-0.4, -0.2) is 33.5 Å². The molecule has 102 valence electrons. The van der Waals surface area contributed by atoms with E-state index in [2.05, 4.69) is 15.2 Å². The van der Waals surface area contributed by atoms with Crippen LogP contribution in [0.1, 0.15) is 0 Å². The number of ether oxygens (including phenoxy) is 1. The Balaban J connectivity index is 2.08. The number of benzene rings is 1. The van der Waals surface area contributed by atoms with Crippen LogP contribution in [0.5, 0.6) is 0 Å². The van der Waals surface area contributed by atoms with Crippen LogP contribution in [0.3, 0.4) is 0 Å². The lowest BCUT2D eigenvalue weighted by Gasteiger charge is -2.06. The van der Waals surface area contributed by atoms with E-state index in [4.69, 9.17) is 17.0 Å². The summed E-state index contributed by atoms with van der Waals surface area (Å²) in [6.07, 6.45) is 0. The lowest BCUT2D eigenvalue weighted by molar-refractivity contribution is 0.187. The maximum absolute atomic E-state index is 5.24. The molecular weight excluding hydrogens is 272 g/mol. The maximum atomic E-state index is 5.24. The van der Waals surface area contributed by atoms with Gasteiger partial charge in [-0.15, -0.1) is 0 Å². The average molecular weight is 286 g/mol. The highest BCUT2D eigenvalue weighted by Crippen LogP contribution is 2.19. The molecule has 0 fully saturated rings. The smallest absolute Gasteiger partial charge is 0.195 e. The molecule has 0 radical (unpaired) electrons. The molecule has 0 aliphatic carbocycles. The van der Waals surface area contributed by atoms with E-state index in [1.807, 2.05) is 41.0 Å². The quantitative estimate of drug-likeness (QED) is 0.749. The second kappa shape index (κ2) is 5.52. The van der Waals surface area contributed by atoms with Crippen LogP contribution in [0.15, 0.2) is 36.4 Å². The van der Waals surface area contributed by atoms with Gasteiger partial charge in [-0.2, -0.15) is 5.10 Å². The average Bonchev–Trinajstić information content (AvgIpc) is 2.85. The van der Waals surface area contributed by atoms with Crippen LogP contribution in [0, 0.1) is 4.77 Å². The molecule has 1 aromatic carbocycles. The molecule has 6 heteroatoms. The number of nitrogens with zero attached hydrogens (tertiary/aromatic N) is 3. The molecule has 0 spiro atoms. The second-order valence-electron chi connectivity index (χ2n) is 4.39. The third kappa shape index (κ3) is 2.35. The molecule has 20 heavy (non-hydrogen) atoms.